The highest BCUT2D eigenvalue weighted by molar-refractivity contribution is 9.10. The van der Waals surface area contributed by atoms with E-state index in [1.54, 1.807) is 0 Å². The molecule has 2 heteroatoms. The van der Waals surface area contributed by atoms with Crippen LogP contribution in [-0.2, 0) is 0 Å². The molecule has 0 bridgehead atoms. The summed E-state index contributed by atoms with van der Waals surface area (Å²) in [6.45, 7) is 2.13. The van der Waals surface area contributed by atoms with E-state index < -0.39 is 0 Å². The third-order valence-electron chi connectivity index (χ3n) is 4.61. The normalized spacial score (nSPS) is 16.5. The molecule has 2 aromatic carbocycles. The van der Waals surface area contributed by atoms with Gasteiger partial charge in [0.2, 0.25) is 0 Å². The number of nitrogens with one attached hydrogen (secondary N) is 1. The van der Waals surface area contributed by atoms with Gasteiger partial charge >= 0.3 is 0 Å². The van der Waals surface area contributed by atoms with Gasteiger partial charge in [-0.1, -0.05) is 58.7 Å². The molecule has 0 amide bonds. The molecule has 1 aliphatic carbocycles. The summed E-state index contributed by atoms with van der Waals surface area (Å²) in [5.41, 5.74) is 5.55. The van der Waals surface area contributed by atoms with Crippen molar-refractivity contribution in [3.63, 3.8) is 0 Å². The van der Waals surface area contributed by atoms with Crippen LogP contribution >= 0.6 is 15.9 Å². The number of rotatable bonds is 4. The standard InChI is InChI=1S/C19H22BrN/c1-13-10-11-17(18(20)12-13)19(21-2)16-9-4-3-8-15(16)14-6-5-7-14/h3-4,8-12,14,19,21H,5-7H2,1-2H3. The van der Waals surface area contributed by atoms with Crippen LogP contribution in [0.2, 0.25) is 0 Å². The van der Waals surface area contributed by atoms with E-state index in [9.17, 15) is 0 Å². The van der Waals surface area contributed by atoms with Crippen molar-refractivity contribution < 1.29 is 0 Å². The number of hydrogen-bond donors (Lipinski definition) is 1. The molecule has 1 saturated carbocycles. The van der Waals surface area contributed by atoms with E-state index in [2.05, 4.69) is 77.7 Å². The minimum Gasteiger partial charge on any atom is -0.309 e. The van der Waals surface area contributed by atoms with E-state index in [-0.39, 0.29) is 6.04 Å². The maximum atomic E-state index is 3.74. The molecular formula is C19H22BrN. The fraction of sp³-hybridized carbons (Fsp3) is 0.368. The summed E-state index contributed by atoms with van der Waals surface area (Å²) >= 11 is 3.74. The van der Waals surface area contributed by atoms with Crippen LogP contribution in [0.4, 0.5) is 0 Å². The van der Waals surface area contributed by atoms with Crippen LogP contribution in [0.1, 0.15) is 53.5 Å². The SMILES string of the molecule is CNC(c1ccc(C)cc1Br)c1ccccc1C1CCC1. The largest absolute Gasteiger partial charge is 0.309 e. The van der Waals surface area contributed by atoms with Gasteiger partial charge in [-0.3, -0.25) is 0 Å². The van der Waals surface area contributed by atoms with Crippen LogP contribution < -0.4 is 5.32 Å². The molecule has 1 nitrogen and oxygen atoms in total. The zero-order valence-corrected chi connectivity index (χ0v) is 14.3. The van der Waals surface area contributed by atoms with E-state index in [0.29, 0.717) is 0 Å². The average molecular weight is 344 g/mol. The van der Waals surface area contributed by atoms with Crippen LogP contribution in [-0.4, -0.2) is 7.05 Å². The molecule has 0 heterocycles. The van der Waals surface area contributed by atoms with E-state index in [4.69, 9.17) is 0 Å². The van der Waals surface area contributed by atoms with Crippen LogP contribution in [0.3, 0.4) is 0 Å². The molecule has 1 aliphatic rings. The Morgan fingerprint density at radius 3 is 2.48 bits per heavy atom. The second-order valence-corrected chi connectivity index (χ2v) is 6.86. The maximum Gasteiger partial charge on any atom is 0.0588 e. The second-order valence-electron chi connectivity index (χ2n) is 6.00. The van der Waals surface area contributed by atoms with E-state index in [0.717, 1.165) is 5.92 Å². The summed E-state index contributed by atoms with van der Waals surface area (Å²) in [7, 11) is 2.05. The summed E-state index contributed by atoms with van der Waals surface area (Å²) in [5, 5.41) is 3.51. The van der Waals surface area contributed by atoms with Crippen LogP contribution in [0.15, 0.2) is 46.9 Å². The van der Waals surface area contributed by atoms with Gasteiger partial charge in [-0.05, 0) is 61.1 Å². The number of hydrogen-bond acceptors (Lipinski definition) is 1. The number of halogens is 1. The highest BCUT2D eigenvalue weighted by Crippen LogP contribution is 2.41. The molecule has 0 aliphatic heterocycles. The quantitative estimate of drug-likeness (QED) is 0.790. The molecule has 2 aromatic rings. The molecule has 21 heavy (non-hydrogen) atoms. The van der Waals surface area contributed by atoms with Gasteiger partial charge in [0.05, 0.1) is 6.04 Å². The molecule has 1 unspecified atom stereocenters. The smallest absolute Gasteiger partial charge is 0.0588 e. The Balaban J connectivity index is 2.03. The Morgan fingerprint density at radius 1 is 1.10 bits per heavy atom. The van der Waals surface area contributed by atoms with Gasteiger partial charge in [-0.15, -0.1) is 0 Å². The Labute approximate surface area is 135 Å². The van der Waals surface area contributed by atoms with Crippen molar-refractivity contribution in [3.05, 3.63) is 69.2 Å². The third kappa shape index (κ3) is 2.93. The highest BCUT2D eigenvalue weighted by atomic mass is 79.9. The fourth-order valence-corrected chi connectivity index (χ4v) is 3.93. The van der Waals surface area contributed by atoms with Crippen molar-refractivity contribution in [1.82, 2.24) is 5.32 Å². The lowest BCUT2D eigenvalue weighted by atomic mass is 9.76. The first kappa shape index (κ1) is 14.8. The lowest BCUT2D eigenvalue weighted by Crippen LogP contribution is -2.22. The van der Waals surface area contributed by atoms with Crippen molar-refractivity contribution in [2.45, 2.75) is 38.1 Å². The molecular weight excluding hydrogens is 322 g/mol. The topological polar surface area (TPSA) is 12.0 Å². The molecule has 0 saturated heterocycles. The molecule has 0 spiro atoms. The minimum absolute atomic E-state index is 0.247. The summed E-state index contributed by atoms with van der Waals surface area (Å²) in [6, 6.07) is 15.8. The number of benzene rings is 2. The molecule has 0 aromatic heterocycles. The van der Waals surface area contributed by atoms with Gasteiger partial charge in [-0.25, -0.2) is 0 Å². The highest BCUT2D eigenvalue weighted by Gasteiger charge is 2.25. The molecule has 110 valence electrons. The summed E-state index contributed by atoms with van der Waals surface area (Å²) in [4.78, 5) is 0. The van der Waals surface area contributed by atoms with E-state index >= 15 is 0 Å². The minimum atomic E-state index is 0.247. The lowest BCUT2D eigenvalue weighted by Gasteiger charge is -2.31. The monoisotopic (exact) mass is 343 g/mol. The zero-order chi connectivity index (χ0) is 14.8. The van der Waals surface area contributed by atoms with Gasteiger partial charge < -0.3 is 5.32 Å². The van der Waals surface area contributed by atoms with Gasteiger partial charge in [-0.2, -0.15) is 0 Å². The van der Waals surface area contributed by atoms with Crippen LogP contribution in [0, 0.1) is 6.92 Å². The van der Waals surface area contributed by atoms with Gasteiger partial charge in [0.1, 0.15) is 0 Å². The second kappa shape index (κ2) is 6.33. The zero-order valence-electron chi connectivity index (χ0n) is 12.7. The average Bonchev–Trinajstić information content (AvgIpc) is 2.41. The number of aryl methyl sites for hydroxylation is 1. The van der Waals surface area contributed by atoms with Gasteiger partial charge in [0, 0.05) is 4.47 Å². The van der Waals surface area contributed by atoms with Crippen molar-refractivity contribution in [2.75, 3.05) is 7.05 Å². The lowest BCUT2D eigenvalue weighted by molar-refractivity contribution is 0.415. The van der Waals surface area contributed by atoms with Crippen molar-refractivity contribution >= 4 is 15.9 Å². The fourth-order valence-electron chi connectivity index (χ4n) is 3.21. The van der Waals surface area contributed by atoms with Crippen LogP contribution in [0.5, 0.6) is 0 Å². The predicted molar refractivity (Wildman–Crippen MR) is 92.8 cm³/mol. The first-order chi connectivity index (χ1) is 10.2. The van der Waals surface area contributed by atoms with Crippen LogP contribution in [0.25, 0.3) is 0 Å². The van der Waals surface area contributed by atoms with Gasteiger partial charge in [0.25, 0.3) is 0 Å². The Bertz CT molecular complexity index is 631. The molecule has 1 fully saturated rings. The van der Waals surface area contributed by atoms with E-state index in [1.165, 1.54) is 46.0 Å². The maximum absolute atomic E-state index is 3.74. The Hall–Kier alpha value is -1.12. The first-order valence-corrected chi connectivity index (χ1v) is 8.52. The molecule has 0 radical (unpaired) electrons. The molecule has 1 N–H and O–H groups in total. The predicted octanol–water partition coefficient (Wildman–Crippen LogP) is 5.33. The molecule has 1 atom stereocenters. The first-order valence-electron chi connectivity index (χ1n) is 7.73. The third-order valence-corrected chi connectivity index (χ3v) is 5.29. The summed E-state index contributed by atoms with van der Waals surface area (Å²) in [6.07, 6.45) is 4.04. The summed E-state index contributed by atoms with van der Waals surface area (Å²) < 4.78 is 1.19. The van der Waals surface area contributed by atoms with E-state index in [1.807, 2.05) is 0 Å². The molecule has 3 rings (SSSR count). The summed E-state index contributed by atoms with van der Waals surface area (Å²) in [5.74, 6) is 0.751. The van der Waals surface area contributed by atoms with Crippen molar-refractivity contribution in [3.8, 4) is 0 Å². The van der Waals surface area contributed by atoms with Crippen molar-refractivity contribution in [1.29, 1.82) is 0 Å². The van der Waals surface area contributed by atoms with Gasteiger partial charge in [0.15, 0.2) is 0 Å². The Morgan fingerprint density at radius 2 is 1.86 bits per heavy atom. The Kier molecular flexibility index (Phi) is 4.46. The van der Waals surface area contributed by atoms with Crippen molar-refractivity contribution in [2.24, 2.45) is 0 Å².